The summed E-state index contributed by atoms with van der Waals surface area (Å²) < 4.78 is 28.8. The van der Waals surface area contributed by atoms with Crippen LogP contribution in [0.2, 0.25) is 0 Å². The Labute approximate surface area is 115 Å². The Bertz CT molecular complexity index is 556. The Kier molecular flexibility index (Phi) is 4.65. The normalized spacial score (nSPS) is 10.3. The van der Waals surface area contributed by atoms with Crippen LogP contribution in [0.5, 0.6) is 5.75 Å². The minimum absolute atomic E-state index is 0.230. The molecule has 5 heteroatoms. The molecule has 3 nitrogen and oxygen atoms in total. The number of halogens is 2. The number of alkyl halides is 2. The van der Waals surface area contributed by atoms with Gasteiger partial charge in [-0.3, -0.25) is 4.79 Å². The van der Waals surface area contributed by atoms with E-state index in [-0.39, 0.29) is 5.91 Å². The van der Waals surface area contributed by atoms with E-state index in [1.165, 1.54) is 12.1 Å². The van der Waals surface area contributed by atoms with Crippen molar-refractivity contribution >= 4 is 11.6 Å². The molecule has 0 fully saturated rings. The van der Waals surface area contributed by atoms with Crippen LogP contribution in [0.25, 0.3) is 0 Å². The van der Waals surface area contributed by atoms with Crippen LogP contribution in [0.3, 0.4) is 0 Å². The zero-order chi connectivity index (χ0) is 14.4. The number of amides is 1. The lowest BCUT2D eigenvalue weighted by molar-refractivity contribution is 0.0819. The highest BCUT2D eigenvalue weighted by atomic mass is 19.3. The van der Waals surface area contributed by atoms with Gasteiger partial charge in [0.05, 0.1) is 0 Å². The molecule has 104 valence electrons. The topological polar surface area (TPSA) is 38.3 Å². The Morgan fingerprint density at radius 3 is 2.30 bits per heavy atom. The molecule has 0 aliphatic rings. The van der Waals surface area contributed by atoms with Crippen molar-refractivity contribution < 1.29 is 18.3 Å². The second kappa shape index (κ2) is 6.65. The van der Waals surface area contributed by atoms with E-state index in [2.05, 4.69) is 5.32 Å². The van der Waals surface area contributed by atoms with Gasteiger partial charge < -0.3 is 10.1 Å². The standard InChI is InChI=1S/C15H13F2NO2/c16-14(17)10-20-13-8-6-12(7-9-13)18-15(19)11-4-2-1-3-5-11/h1-9,14H,10H2,(H,18,19). The SMILES string of the molecule is O=C(Nc1ccc(OCC(F)F)cc1)c1ccccc1. The third-order valence-electron chi connectivity index (χ3n) is 2.52. The van der Waals surface area contributed by atoms with Gasteiger partial charge >= 0.3 is 0 Å². The Morgan fingerprint density at radius 2 is 1.70 bits per heavy atom. The number of hydrogen-bond donors (Lipinski definition) is 1. The molecule has 0 radical (unpaired) electrons. The predicted molar refractivity (Wildman–Crippen MR) is 72.3 cm³/mol. The Balaban J connectivity index is 1.95. The molecule has 2 aromatic rings. The minimum Gasteiger partial charge on any atom is -0.488 e. The van der Waals surface area contributed by atoms with Gasteiger partial charge in [0.25, 0.3) is 12.3 Å². The van der Waals surface area contributed by atoms with Gasteiger partial charge in [-0.15, -0.1) is 0 Å². The fourth-order valence-electron chi connectivity index (χ4n) is 1.59. The van der Waals surface area contributed by atoms with Crippen LogP contribution in [-0.2, 0) is 0 Å². The van der Waals surface area contributed by atoms with Crippen LogP contribution >= 0.6 is 0 Å². The van der Waals surface area contributed by atoms with Gasteiger partial charge in [0.15, 0.2) is 0 Å². The Morgan fingerprint density at radius 1 is 1.05 bits per heavy atom. The number of benzene rings is 2. The quantitative estimate of drug-likeness (QED) is 0.907. The monoisotopic (exact) mass is 277 g/mol. The number of carbonyl (C=O) groups excluding carboxylic acids is 1. The molecular weight excluding hydrogens is 264 g/mol. The molecule has 2 aromatic carbocycles. The maximum absolute atomic E-state index is 12.0. The van der Waals surface area contributed by atoms with Crippen LogP contribution in [-0.4, -0.2) is 18.9 Å². The maximum atomic E-state index is 12.0. The van der Waals surface area contributed by atoms with Crippen molar-refractivity contribution in [3.8, 4) is 5.75 Å². The summed E-state index contributed by atoms with van der Waals surface area (Å²) in [5.41, 5.74) is 1.12. The van der Waals surface area contributed by atoms with Crippen molar-refractivity contribution in [1.82, 2.24) is 0 Å². The fourth-order valence-corrected chi connectivity index (χ4v) is 1.59. The number of nitrogens with one attached hydrogen (secondary N) is 1. The zero-order valence-electron chi connectivity index (χ0n) is 10.6. The third kappa shape index (κ3) is 4.05. The number of anilines is 1. The van der Waals surface area contributed by atoms with E-state index >= 15 is 0 Å². The first-order chi connectivity index (χ1) is 9.65. The number of rotatable bonds is 5. The van der Waals surface area contributed by atoms with Crippen LogP contribution < -0.4 is 10.1 Å². The van der Waals surface area contributed by atoms with Crippen molar-refractivity contribution in [2.45, 2.75) is 6.43 Å². The molecule has 0 heterocycles. The average Bonchev–Trinajstić information content (AvgIpc) is 2.47. The molecule has 0 unspecified atom stereocenters. The van der Waals surface area contributed by atoms with E-state index < -0.39 is 13.0 Å². The zero-order valence-corrected chi connectivity index (χ0v) is 10.6. The highest BCUT2D eigenvalue weighted by molar-refractivity contribution is 6.04. The molecule has 20 heavy (non-hydrogen) atoms. The first kappa shape index (κ1) is 14.0. The molecule has 0 saturated heterocycles. The van der Waals surface area contributed by atoms with Crippen molar-refractivity contribution in [3.63, 3.8) is 0 Å². The van der Waals surface area contributed by atoms with Gasteiger partial charge in [-0.2, -0.15) is 0 Å². The van der Waals surface area contributed by atoms with E-state index in [1.54, 1.807) is 36.4 Å². The molecule has 0 spiro atoms. The van der Waals surface area contributed by atoms with E-state index in [1.807, 2.05) is 6.07 Å². The summed E-state index contributed by atoms with van der Waals surface area (Å²) in [5, 5.41) is 2.71. The predicted octanol–water partition coefficient (Wildman–Crippen LogP) is 3.58. The highest BCUT2D eigenvalue weighted by Gasteiger charge is 2.06. The Hall–Kier alpha value is -2.43. The van der Waals surface area contributed by atoms with Gasteiger partial charge in [0.2, 0.25) is 0 Å². The molecule has 0 aliphatic heterocycles. The number of carbonyl (C=O) groups is 1. The van der Waals surface area contributed by atoms with Crippen LogP contribution in [0, 0.1) is 0 Å². The largest absolute Gasteiger partial charge is 0.488 e. The summed E-state index contributed by atoms with van der Waals surface area (Å²) in [6, 6.07) is 15.0. The summed E-state index contributed by atoms with van der Waals surface area (Å²) in [6.07, 6.45) is -2.51. The number of hydrogen-bond acceptors (Lipinski definition) is 2. The van der Waals surface area contributed by atoms with E-state index in [0.29, 0.717) is 17.0 Å². The second-order valence-corrected chi connectivity index (χ2v) is 4.05. The van der Waals surface area contributed by atoms with Gasteiger partial charge in [0, 0.05) is 11.3 Å². The van der Waals surface area contributed by atoms with Gasteiger partial charge in [-0.1, -0.05) is 18.2 Å². The molecular formula is C15H13F2NO2. The summed E-state index contributed by atoms with van der Waals surface area (Å²) in [5.74, 6) is 0.106. The lowest BCUT2D eigenvalue weighted by Crippen LogP contribution is -2.11. The lowest BCUT2D eigenvalue weighted by atomic mass is 10.2. The van der Waals surface area contributed by atoms with Crippen LogP contribution in [0.15, 0.2) is 54.6 Å². The lowest BCUT2D eigenvalue weighted by Gasteiger charge is -2.08. The van der Waals surface area contributed by atoms with E-state index in [0.717, 1.165) is 0 Å². The molecule has 2 rings (SSSR count). The molecule has 0 bridgehead atoms. The first-order valence-corrected chi connectivity index (χ1v) is 6.02. The van der Waals surface area contributed by atoms with E-state index in [4.69, 9.17) is 4.74 Å². The third-order valence-corrected chi connectivity index (χ3v) is 2.52. The molecule has 0 saturated carbocycles. The summed E-state index contributed by atoms with van der Waals surface area (Å²) >= 11 is 0. The van der Waals surface area contributed by atoms with Crippen LogP contribution in [0.4, 0.5) is 14.5 Å². The summed E-state index contributed by atoms with van der Waals surface area (Å²) in [6.45, 7) is -0.643. The second-order valence-electron chi connectivity index (χ2n) is 4.05. The van der Waals surface area contributed by atoms with Gasteiger partial charge in [-0.05, 0) is 36.4 Å². The number of ether oxygens (including phenoxy) is 1. The van der Waals surface area contributed by atoms with Crippen molar-refractivity contribution in [2.24, 2.45) is 0 Å². The maximum Gasteiger partial charge on any atom is 0.272 e. The molecule has 1 amide bonds. The first-order valence-electron chi connectivity index (χ1n) is 6.02. The summed E-state index contributed by atoms with van der Waals surface area (Å²) in [7, 11) is 0. The smallest absolute Gasteiger partial charge is 0.272 e. The summed E-state index contributed by atoms with van der Waals surface area (Å²) in [4.78, 5) is 11.9. The molecule has 1 N–H and O–H groups in total. The van der Waals surface area contributed by atoms with Gasteiger partial charge in [-0.25, -0.2) is 8.78 Å². The fraction of sp³-hybridized carbons (Fsp3) is 0.133. The van der Waals surface area contributed by atoms with Gasteiger partial charge in [0.1, 0.15) is 12.4 Å². The van der Waals surface area contributed by atoms with Crippen molar-refractivity contribution in [2.75, 3.05) is 11.9 Å². The molecule has 0 aliphatic carbocycles. The average molecular weight is 277 g/mol. The highest BCUT2D eigenvalue weighted by Crippen LogP contribution is 2.17. The van der Waals surface area contributed by atoms with Crippen LogP contribution in [0.1, 0.15) is 10.4 Å². The minimum atomic E-state index is -2.51. The van der Waals surface area contributed by atoms with Crippen molar-refractivity contribution in [1.29, 1.82) is 0 Å². The molecule has 0 aromatic heterocycles. The van der Waals surface area contributed by atoms with E-state index in [9.17, 15) is 13.6 Å². The van der Waals surface area contributed by atoms with Crippen molar-refractivity contribution in [3.05, 3.63) is 60.2 Å². The molecule has 0 atom stereocenters.